The van der Waals surface area contributed by atoms with Crippen molar-refractivity contribution in [2.45, 2.75) is 62.5 Å². The summed E-state index contributed by atoms with van der Waals surface area (Å²) in [5.41, 5.74) is 2.82. The second kappa shape index (κ2) is 9.20. The van der Waals surface area contributed by atoms with Gasteiger partial charge in [-0.05, 0) is 49.3 Å². The highest BCUT2D eigenvalue weighted by Gasteiger charge is 2.47. The first kappa shape index (κ1) is 25.6. The number of pyridine rings is 3. The smallest absolute Gasteiger partial charge is 0.354 e. The van der Waals surface area contributed by atoms with Crippen LogP contribution in [-0.4, -0.2) is 41.8 Å². The Morgan fingerprint density at radius 2 is 1.77 bits per heavy atom. The van der Waals surface area contributed by atoms with E-state index in [9.17, 15) is 26.7 Å². The highest BCUT2D eigenvalue weighted by molar-refractivity contribution is 5.91. The summed E-state index contributed by atoms with van der Waals surface area (Å²) in [4.78, 5) is 29.7. The average molecular weight is 545 g/mol. The molecule has 4 heterocycles. The lowest BCUT2D eigenvalue weighted by molar-refractivity contribution is -0.182. The molecule has 0 bridgehead atoms. The van der Waals surface area contributed by atoms with Crippen molar-refractivity contribution in [1.82, 2.24) is 29.7 Å². The second-order valence-corrected chi connectivity index (χ2v) is 10.6. The summed E-state index contributed by atoms with van der Waals surface area (Å²) in [5.74, 6) is -4.28. The molecular weight excluding hydrogens is 519 g/mol. The summed E-state index contributed by atoms with van der Waals surface area (Å²) in [5, 5.41) is 4.37. The molecule has 6 rings (SSSR count). The SMILES string of the molecule is Cn1ncnc1-c1nccc2[nH]c(-c3cnc(C4CC(F)(F)C4)cc3C3CCC(C(F)(F)F)CC3)cc(=O)c12. The number of aryl methyl sites for hydroxylation is 1. The van der Waals surface area contributed by atoms with Gasteiger partial charge in [0.1, 0.15) is 12.0 Å². The van der Waals surface area contributed by atoms with Crippen LogP contribution in [-0.2, 0) is 7.05 Å². The van der Waals surface area contributed by atoms with E-state index in [0.717, 1.165) is 5.56 Å². The lowest BCUT2D eigenvalue weighted by Gasteiger charge is -2.35. The van der Waals surface area contributed by atoms with Crippen molar-refractivity contribution >= 4 is 10.9 Å². The minimum Gasteiger partial charge on any atom is -0.354 e. The molecule has 12 heteroatoms. The highest BCUT2D eigenvalue weighted by atomic mass is 19.4. The Labute approximate surface area is 219 Å². The summed E-state index contributed by atoms with van der Waals surface area (Å²) in [7, 11) is 1.69. The van der Waals surface area contributed by atoms with Crippen molar-refractivity contribution < 1.29 is 22.0 Å². The van der Waals surface area contributed by atoms with Crippen molar-refractivity contribution in [1.29, 1.82) is 0 Å². The molecule has 2 aliphatic rings. The number of nitrogens with zero attached hydrogens (tertiary/aromatic N) is 5. The predicted octanol–water partition coefficient (Wildman–Crippen LogP) is 6.13. The second-order valence-electron chi connectivity index (χ2n) is 10.6. The van der Waals surface area contributed by atoms with Crippen LogP contribution in [0.25, 0.3) is 33.7 Å². The van der Waals surface area contributed by atoms with Gasteiger partial charge in [-0.2, -0.15) is 18.3 Å². The highest BCUT2D eigenvalue weighted by Crippen LogP contribution is 2.50. The standard InChI is InChI=1S/C27H25F5N6O/c1-38-25(35-13-36-38)24-23-19(6-7-33-24)37-21(9-22(23)39)18-12-34-20(15-10-26(28,29)11-15)8-17(18)14-2-4-16(5-3-14)27(30,31)32/h6-9,12-16H,2-5,10-11H2,1H3,(H,37,39). The van der Waals surface area contributed by atoms with Crippen LogP contribution >= 0.6 is 0 Å². The Bertz CT molecular complexity index is 1590. The molecule has 0 unspecified atom stereocenters. The number of hydrogen-bond acceptors (Lipinski definition) is 5. The summed E-state index contributed by atoms with van der Waals surface area (Å²) < 4.78 is 68.7. The normalized spacial score (nSPS) is 21.7. The van der Waals surface area contributed by atoms with Crippen molar-refractivity contribution in [3.63, 3.8) is 0 Å². The van der Waals surface area contributed by atoms with Crippen LogP contribution in [0.1, 0.15) is 61.6 Å². The zero-order valence-electron chi connectivity index (χ0n) is 21.0. The number of nitrogens with one attached hydrogen (secondary N) is 1. The number of aromatic amines is 1. The topological polar surface area (TPSA) is 89.3 Å². The molecule has 0 atom stereocenters. The Kier molecular flexibility index (Phi) is 6.03. The number of rotatable bonds is 4. The Morgan fingerprint density at radius 3 is 2.41 bits per heavy atom. The molecule has 0 spiro atoms. The molecule has 4 aromatic heterocycles. The summed E-state index contributed by atoms with van der Waals surface area (Å²) in [6.07, 6.45) is 0.216. The zero-order valence-corrected chi connectivity index (χ0v) is 21.0. The molecule has 0 aliphatic heterocycles. The molecule has 7 nitrogen and oxygen atoms in total. The van der Waals surface area contributed by atoms with E-state index in [1.807, 2.05) is 0 Å². The molecule has 0 amide bonds. The number of aromatic nitrogens is 6. The lowest BCUT2D eigenvalue weighted by atomic mass is 9.75. The van der Waals surface area contributed by atoms with E-state index >= 15 is 0 Å². The van der Waals surface area contributed by atoms with Crippen LogP contribution in [0.15, 0.2) is 41.7 Å². The van der Waals surface area contributed by atoms with Crippen LogP contribution < -0.4 is 5.43 Å². The molecule has 2 aliphatic carbocycles. The quantitative estimate of drug-likeness (QED) is 0.312. The van der Waals surface area contributed by atoms with Gasteiger partial charge in [0.05, 0.1) is 22.5 Å². The van der Waals surface area contributed by atoms with E-state index in [2.05, 4.69) is 25.0 Å². The monoisotopic (exact) mass is 544 g/mol. The molecule has 4 aromatic rings. The summed E-state index contributed by atoms with van der Waals surface area (Å²) >= 11 is 0. The number of alkyl halides is 5. The van der Waals surface area contributed by atoms with Crippen molar-refractivity contribution in [3.8, 4) is 22.8 Å². The summed E-state index contributed by atoms with van der Waals surface area (Å²) in [6.45, 7) is 0. The van der Waals surface area contributed by atoms with E-state index in [4.69, 9.17) is 0 Å². The third-order valence-corrected chi connectivity index (χ3v) is 8.05. The minimum absolute atomic E-state index is 0.00622. The van der Waals surface area contributed by atoms with Gasteiger partial charge in [0, 0.05) is 55.5 Å². The maximum absolute atomic E-state index is 13.6. The fourth-order valence-electron chi connectivity index (χ4n) is 5.90. The molecule has 1 N–H and O–H groups in total. The maximum Gasteiger partial charge on any atom is 0.391 e. The predicted molar refractivity (Wildman–Crippen MR) is 133 cm³/mol. The molecule has 0 radical (unpaired) electrons. The fourth-order valence-corrected chi connectivity index (χ4v) is 5.90. The van der Waals surface area contributed by atoms with E-state index < -0.39 is 23.9 Å². The Balaban J connectivity index is 1.43. The van der Waals surface area contributed by atoms with Crippen molar-refractivity contribution in [3.05, 3.63) is 58.4 Å². The van der Waals surface area contributed by atoms with Gasteiger partial charge in [-0.25, -0.2) is 18.4 Å². The molecule has 39 heavy (non-hydrogen) atoms. The van der Waals surface area contributed by atoms with E-state index in [1.54, 1.807) is 31.6 Å². The molecule has 0 aromatic carbocycles. The van der Waals surface area contributed by atoms with E-state index in [-0.39, 0.29) is 37.0 Å². The zero-order chi connectivity index (χ0) is 27.5. The largest absolute Gasteiger partial charge is 0.391 e. The van der Waals surface area contributed by atoms with Crippen LogP contribution in [0.4, 0.5) is 22.0 Å². The van der Waals surface area contributed by atoms with E-state index in [1.165, 1.54) is 17.1 Å². The van der Waals surface area contributed by atoms with Gasteiger partial charge in [-0.3, -0.25) is 14.8 Å². The minimum atomic E-state index is -4.24. The lowest BCUT2D eigenvalue weighted by Crippen LogP contribution is -2.34. The molecule has 0 saturated heterocycles. The van der Waals surface area contributed by atoms with Gasteiger partial charge in [0.2, 0.25) is 5.92 Å². The fraction of sp³-hybridized carbons (Fsp3) is 0.444. The molecule has 2 fully saturated rings. The van der Waals surface area contributed by atoms with Crippen molar-refractivity contribution in [2.75, 3.05) is 0 Å². The average Bonchev–Trinajstić information content (AvgIpc) is 3.31. The summed E-state index contributed by atoms with van der Waals surface area (Å²) in [6, 6.07) is 4.84. The van der Waals surface area contributed by atoms with Crippen LogP contribution in [0.5, 0.6) is 0 Å². The molecule has 204 valence electrons. The first-order chi connectivity index (χ1) is 18.5. The first-order valence-electron chi connectivity index (χ1n) is 12.8. The molecular formula is C27H25F5N6O. The van der Waals surface area contributed by atoms with Gasteiger partial charge < -0.3 is 4.98 Å². The Morgan fingerprint density at radius 1 is 1.03 bits per heavy atom. The number of fused-ring (bicyclic) bond motifs is 1. The van der Waals surface area contributed by atoms with Gasteiger partial charge in [0.25, 0.3) is 0 Å². The Hall–Kier alpha value is -3.70. The third kappa shape index (κ3) is 4.70. The van der Waals surface area contributed by atoms with Crippen LogP contribution in [0.3, 0.4) is 0 Å². The van der Waals surface area contributed by atoms with Gasteiger partial charge in [-0.1, -0.05) is 0 Å². The van der Waals surface area contributed by atoms with Gasteiger partial charge >= 0.3 is 6.18 Å². The maximum atomic E-state index is 13.6. The number of hydrogen-bond donors (Lipinski definition) is 1. The van der Waals surface area contributed by atoms with Gasteiger partial charge in [-0.15, -0.1) is 0 Å². The third-order valence-electron chi connectivity index (χ3n) is 8.05. The number of halogens is 5. The van der Waals surface area contributed by atoms with Gasteiger partial charge in [0.15, 0.2) is 11.3 Å². The first-order valence-corrected chi connectivity index (χ1v) is 12.8. The van der Waals surface area contributed by atoms with E-state index in [0.29, 0.717) is 52.2 Å². The number of H-pyrrole nitrogens is 1. The van der Waals surface area contributed by atoms with Crippen LogP contribution in [0.2, 0.25) is 0 Å². The molecule has 2 saturated carbocycles. The van der Waals surface area contributed by atoms with Crippen LogP contribution in [0, 0.1) is 5.92 Å². The van der Waals surface area contributed by atoms with Crippen molar-refractivity contribution in [2.24, 2.45) is 13.0 Å².